The van der Waals surface area contributed by atoms with E-state index in [2.05, 4.69) is 25.5 Å². The van der Waals surface area contributed by atoms with E-state index < -0.39 is 12.7 Å². The molecule has 1 aliphatic heterocycles. The fraction of sp³-hybridized carbons (Fsp3) is 0.667. The summed E-state index contributed by atoms with van der Waals surface area (Å²) in [6, 6.07) is 0.0958. The summed E-state index contributed by atoms with van der Waals surface area (Å²) in [5.41, 5.74) is 1.05. The number of hydrogen-bond acceptors (Lipinski definition) is 6. The van der Waals surface area contributed by atoms with Gasteiger partial charge >= 0.3 is 6.18 Å². The van der Waals surface area contributed by atoms with Crippen LogP contribution in [0.4, 0.5) is 13.2 Å². The van der Waals surface area contributed by atoms with Gasteiger partial charge in [0.1, 0.15) is 6.54 Å². The van der Waals surface area contributed by atoms with Crippen molar-refractivity contribution >= 4 is 11.8 Å². The highest BCUT2D eigenvalue weighted by atomic mass is 32.2. The second kappa shape index (κ2) is 6.48. The Labute approximate surface area is 134 Å². The van der Waals surface area contributed by atoms with Crippen LogP contribution in [0.25, 0.3) is 0 Å². The zero-order chi connectivity index (χ0) is 16.4. The van der Waals surface area contributed by atoms with Gasteiger partial charge in [0.15, 0.2) is 5.82 Å². The Morgan fingerprint density at radius 2 is 2.22 bits per heavy atom. The van der Waals surface area contributed by atoms with E-state index in [1.54, 1.807) is 10.9 Å². The molecule has 0 N–H and O–H groups in total. The van der Waals surface area contributed by atoms with E-state index in [0.717, 1.165) is 28.3 Å². The smallest absolute Gasteiger partial charge is 0.287 e. The van der Waals surface area contributed by atoms with Gasteiger partial charge in [-0.1, -0.05) is 0 Å². The Balaban J connectivity index is 1.76. The molecule has 1 fully saturated rings. The van der Waals surface area contributed by atoms with E-state index in [9.17, 15) is 13.2 Å². The maximum absolute atomic E-state index is 12.6. The summed E-state index contributed by atoms with van der Waals surface area (Å²) < 4.78 is 40.3. The van der Waals surface area contributed by atoms with Gasteiger partial charge in [0.25, 0.3) is 0 Å². The fourth-order valence-corrected chi connectivity index (χ4v) is 3.71. The summed E-state index contributed by atoms with van der Waals surface area (Å²) in [6.07, 6.45) is -0.616. The van der Waals surface area contributed by atoms with Gasteiger partial charge in [0.05, 0.1) is 12.7 Å². The Morgan fingerprint density at radius 3 is 2.91 bits per heavy atom. The highest BCUT2D eigenvalue weighted by Gasteiger charge is 2.32. The van der Waals surface area contributed by atoms with Gasteiger partial charge in [-0.2, -0.15) is 30.0 Å². The number of thioether (sulfide) groups is 1. The molecular weight excluding hydrogens is 331 g/mol. The molecule has 3 rings (SSSR count). The fourth-order valence-electron chi connectivity index (χ4n) is 2.56. The van der Waals surface area contributed by atoms with Crippen molar-refractivity contribution in [2.75, 3.05) is 18.1 Å². The summed E-state index contributed by atoms with van der Waals surface area (Å²) in [5, 5.41) is 14.8. The van der Waals surface area contributed by atoms with Crippen molar-refractivity contribution in [2.45, 2.75) is 25.3 Å². The monoisotopic (exact) mass is 347 g/mol. The summed E-state index contributed by atoms with van der Waals surface area (Å²) in [7, 11) is 1.84. The summed E-state index contributed by atoms with van der Waals surface area (Å²) >= 11 is 1.82. The molecule has 7 nitrogen and oxygen atoms in total. The molecule has 0 spiro atoms. The average molecular weight is 347 g/mol. The van der Waals surface area contributed by atoms with Gasteiger partial charge < -0.3 is 0 Å². The second-order valence-corrected chi connectivity index (χ2v) is 6.53. The topological polar surface area (TPSA) is 64.7 Å². The molecule has 2 aromatic heterocycles. The van der Waals surface area contributed by atoms with Crippen molar-refractivity contribution in [3.63, 3.8) is 0 Å². The van der Waals surface area contributed by atoms with E-state index in [4.69, 9.17) is 0 Å². The first-order chi connectivity index (χ1) is 10.9. The lowest BCUT2D eigenvalue weighted by molar-refractivity contribution is -0.143. The first kappa shape index (κ1) is 16.2. The third kappa shape index (κ3) is 4.02. The van der Waals surface area contributed by atoms with Gasteiger partial charge in [0.2, 0.25) is 0 Å². The van der Waals surface area contributed by atoms with Crippen molar-refractivity contribution < 1.29 is 13.2 Å². The Kier molecular flexibility index (Phi) is 4.57. The summed E-state index contributed by atoms with van der Waals surface area (Å²) in [5.74, 6) is 2.02. The number of aryl methyl sites for hydroxylation is 1. The summed E-state index contributed by atoms with van der Waals surface area (Å²) in [4.78, 5) is 2.10. The summed E-state index contributed by atoms with van der Waals surface area (Å²) in [6.45, 7) is -0.123. The Hall–Kier alpha value is -1.62. The average Bonchev–Trinajstić information content (AvgIpc) is 3.08. The first-order valence-corrected chi connectivity index (χ1v) is 8.20. The third-order valence-electron chi connectivity index (χ3n) is 3.63. The van der Waals surface area contributed by atoms with Gasteiger partial charge in [-0.3, -0.25) is 9.58 Å². The Morgan fingerprint density at radius 1 is 1.39 bits per heavy atom. The molecule has 0 saturated carbocycles. The predicted molar refractivity (Wildman–Crippen MR) is 77.6 cm³/mol. The molecule has 23 heavy (non-hydrogen) atoms. The minimum absolute atomic E-state index is 0.0958. The molecule has 0 unspecified atom stereocenters. The van der Waals surface area contributed by atoms with Gasteiger partial charge in [-0.05, 0) is 10.4 Å². The number of halogens is 3. The molecule has 0 bridgehead atoms. The van der Waals surface area contributed by atoms with E-state index in [1.807, 2.05) is 25.0 Å². The molecular formula is C12H16F3N7S. The van der Waals surface area contributed by atoms with Crippen LogP contribution in [-0.2, 0) is 20.1 Å². The molecule has 1 saturated heterocycles. The van der Waals surface area contributed by atoms with E-state index in [1.165, 1.54) is 0 Å². The normalized spacial score (nSPS) is 20.1. The third-order valence-corrected chi connectivity index (χ3v) is 4.65. The largest absolute Gasteiger partial charge is 0.408 e. The first-order valence-electron chi connectivity index (χ1n) is 7.04. The molecule has 0 aromatic carbocycles. The highest BCUT2D eigenvalue weighted by molar-refractivity contribution is 7.99. The van der Waals surface area contributed by atoms with Crippen LogP contribution in [-0.4, -0.2) is 59.1 Å². The number of aromatic nitrogens is 6. The lowest BCUT2D eigenvalue weighted by Crippen LogP contribution is -2.36. The van der Waals surface area contributed by atoms with Crippen molar-refractivity contribution in [3.05, 3.63) is 23.8 Å². The predicted octanol–water partition coefficient (Wildman–Crippen LogP) is 1.26. The van der Waals surface area contributed by atoms with Crippen molar-refractivity contribution in [1.29, 1.82) is 0 Å². The van der Waals surface area contributed by atoms with Crippen LogP contribution in [0.5, 0.6) is 0 Å². The van der Waals surface area contributed by atoms with Crippen molar-refractivity contribution in [1.82, 2.24) is 34.9 Å². The molecule has 0 radical (unpaired) electrons. The van der Waals surface area contributed by atoms with Crippen LogP contribution in [0, 0.1) is 0 Å². The number of nitrogens with zero attached hydrogens (tertiary/aromatic N) is 7. The quantitative estimate of drug-likeness (QED) is 0.830. The van der Waals surface area contributed by atoms with Crippen LogP contribution in [0.3, 0.4) is 0 Å². The van der Waals surface area contributed by atoms with Gasteiger partial charge in [0, 0.05) is 42.9 Å². The molecule has 0 aliphatic carbocycles. The van der Waals surface area contributed by atoms with Crippen LogP contribution in [0.1, 0.15) is 17.4 Å². The van der Waals surface area contributed by atoms with Crippen LogP contribution >= 0.6 is 11.8 Å². The molecule has 11 heteroatoms. The minimum atomic E-state index is -4.34. The maximum Gasteiger partial charge on any atom is 0.408 e. The van der Waals surface area contributed by atoms with Crippen LogP contribution in [0.15, 0.2) is 12.4 Å². The molecule has 1 aliphatic rings. The minimum Gasteiger partial charge on any atom is -0.287 e. The van der Waals surface area contributed by atoms with E-state index >= 15 is 0 Å². The molecule has 0 amide bonds. The van der Waals surface area contributed by atoms with Gasteiger partial charge in [-0.25, -0.2) is 4.68 Å². The lowest BCUT2D eigenvalue weighted by Gasteiger charge is -2.34. The zero-order valence-electron chi connectivity index (χ0n) is 12.4. The number of rotatable bonds is 4. The lowest BCUT2D eigenvalue weighted by atomic mass is 10.1. The van der Waals surface area contributed by atoms with E-state index in [0.29, 0.717) is 0 Å². The van der Waals surface area contributed by atoms with Crippen molar-refractivity contribution in [2.24, 2.45) is 7.05 Å². The molecule has 3 heterocycles. The highest BCUT2D eigenvalue weighted by Crippen LogP contribution is 2.30. The van der Waals surface area contributed by atoms with Crippen LogP contribution < -0.4 is 0 Å². The maximum atomic E-state index is 12.6. The number of alkyl halides is 3. The molecule has 126 valence electrons. The zero-order valence-corrected chi connectivity index (χ0v) is 13.3. The standard InChI is InChI=1S/C12H16F3N7S/c1-20-5-9(4-16-20)10-7-23-3-2-21(10)6-11-17-18-19-22(11)8-12(13,14)15/h4-5,10H,2-3,6-8H2,1H3/t10-/m1/s1. The van der Waals surface area contributed by atoms with Gasteiger partial charge in [-0.15, -0.1) is 5.10 Å². The Bertz CT molecular complexity index is 653. The van der Waals surface area contributed by atoms with Crippen molar-refractivity contribution in [3.8, 4) is 0 Å². The molecule has 2 aromatic rings. The SMILES string of the molecule is Cn1cc([C@H]2CSCCN2Cc2nnnn2CC(F)(F)F)cn1. The van der Waals surface area contributed by atoms with E-state index in [-0.39, 0.29) is 18.4 Å². The number of hydrogen-bond donors (Lipinski definition) is 0. The second-order valence-electron chi connectivity index (χ2n) is 5.38. The molecule has 1 atom stereocenters. The number of tetrazole rings is 1. The van der Waals surface area contributed by atoms with Crippen LogP contribution in [0.2, 0.25) is 0 Å².